The molecule has 7 nitrogen and oxygen atoms in total. The Labute approximate surface area is 125 Å². The maximum absolute atomic E-state index is 11.9. The molecule has 21 heavy (non-hydrogen) atoms. The van der Waals surface area contributed by atoms with Gasteiger partial charge in [0.05, 0.1) is 12.8 Å². The number of pyridine rings is 1. The smallest absolute Gasteiger partial charge is 0.237 e. The summed E-state index contributed by atoms with van der Waals surface area (Å²) in [5.41, 5.74) is 2.24. The fourth-order valence-corrected chi connectivity index (χ4v) is 2.71. The molecule has 1 fully saturated rings. The van der Waals surface area contributed by atoms with Gasteiger partial charge in [0, 0.05) is 44.3 Å². The number of carbonyl (C=O) groups is 1. The van der Waals surface area contributed by atoms with Crippen molar-refractivity contribution in [2.24, 2.45) is 0 Å². The van der Waals surface area contributed by atoms with Crippen molar-refractivity contribution in [2.45, 2.75) is 6.92 Å². The molecule has 1 aliphatic heterocycles. The van der Waals surface area contributed by atoms with Crippen LogP contribution in [-0.2, 0) is 14.8 Å². The molecule has 1 aromatic heterocycles. The van der Waals surface area contributed by atoms with Crippen LogP contribution in [0.25, 0.3) is 0 Å². The molecular weight excluding hydrogens is 292 g/mol. The largest absolute Gasteiger partial charge is 0.368 e. The average molecular weight is 312 g/mol. The lowest BCUT2D eigenvalue weighted by Crippen LogP contribution is -2.51. The molecule has 1 saturated heterocycles. The third kappa shape index (κ3) is 4.40. The number of nitrogens with zero attached hydrogens (tertiary/aromatic N) is 3. The average Bonchev–Trinajstić information content (AvgIpc) is 2.45. The highest BCUT2D eigenvalue weighted by Crippen LogP contribution is 2.19. The maximum atomic E-state index is 11.9. The van der Waals surface area contributed by atoms with E-state index in [0.717, 1.165) is 30.6 Å². The predicted octanol–water partition coefficient (Wildman–Crippen LogP) is -0.412. The molecule has 116 valence electrons. The Morgan fingerprint density at radius 1 is 1.33 bits per heavy atom. The molecular formula is C13H20N4O3S. The van der Waals surface area contributed by atoms with Crippen LogP contribution < -0.4 is 9.62 Å². The third-order valence-corrected chi connectivity index (χ3v) is 4.12. The molecule has 1 aliphatic rings. The monoisotopic (exact) mass is 312 g/mol. The van der Waals surface area contributed by atoms with Crippen LogP contribution in [0.2, 0.25) is 0 Å². The van der Waals surface area contributed by atoms with Gasteiger partial charge in [-0.3, -0.25) is 9.78 Å². The lowest BCUT2D eigenvalue weighted by molar-refractivity contribution is -0.130. The highest BCUT2D eigenvalue weighted by molar-refractivity contribution is 7.88. The van der Waals surface area contributed by atoms with Gasteiger partial charge in [0.15, 0.2) is 0 Å². The van der Waals surface area contributed by atoms with E-state index in [1.54, 1.807) is 11.1 Å². The van der Waals surface area contributed by atoms with Gasteiger partial charge in [-0.05, 0) is 18.6 Å². The Balaban J connectivity index is 1.89. The summed E-state index contributed by atoms with van der Waals surface area (Å²) >= 11 is 0. The molecule has 8 heteroatoms. The normalized spacial score (nSPS) is 16.1. The van der Waals surface area contributed by atoms with Crippen LogP contribution in [0, 0.1) is 6.92 Å². The summed E-state index contributed by atoms with van der Waals surface area (Å²) in [7, 11) is -3.33. The minimum Gasteiger partial charge on any atom is -0.368 e. The van der Waals surface area contributed by atoms with E-state index >= 15 is 0 Å². The summed E-state index contributed by atoms with van der Waals surface area (Å²) < 4.78 is 24.2. The van der Waals surface area contributed by atoms with Gasteiger partial charge in [0.2, 0.25) is 15.9 Å². The second-order valence-electron chi connectivity index (χ2n) is 5.12. The number of aromatic nitrogens is 1. The van der Waals surface area contributed by atoms with E-state index in [4.69, 9.17) is 0 Å². The fourth-order valence-electron chi connectivity index (χ4n) is 2.32. The van der Waals surface area contributed by atoms with E-state index in [1.165, 1.54) is 0 Å². The number of sulfonamides is 1. The van der Waals surface area contributed by atoms with E-state index in [-0.39, 0.29) is 12.5 Å². The first kappa shape index (κ1) is 15.7. The summed E-state index contributed by atoms with van der Waals surface area (Å²) in [4.78, 5) is 19.9. The Morgan fingerprint density at radius 3 is 2.57 bits per heavy atom. The molecule has 0 radical (unpaired) electrons. The molecule has 0 unspecified atom stereocenters. The Kier molecular flexibility index (Phi) is 4.79. The first-order valence-electron chi connectivity index (χ1n) is 6.75. The quantitative estimate of drug-likeness (QED) is 0.817. The van der Waals surface area contributed by atoms with Gasteiger partial charge in [-0.25, -0.2) is 13.1 Å². The number of anilines is 1. The Bertz CT molecular complexity index is 610. The van der Waals surface area contributed by atoms with E-state index < -0.39 is 10.0 Å². The summed E-state index contributed by atoms with van der Waals surface area (Å²) in [5.74, 6) is -0.188. The van der Waals surface area contributed by atoms with Crippen molar-refractivity contribution in [3.63, 3.8) is 0 Å². The van der Waals surface area contributed by atoms with Gasteiger partial charge >= 0.3 is 0 Å². The van der Waals surface area contributed by atoms with Gasteiger partial charge in [-0.2, -0.15) is 0 Å². The van der Waals surface area contributed by atoms with Crippen molar-refractivity contribution in [3.8, 4) is 0 Å². The molecule has 1 N–H and O–H groups in total. The van der Waals surface area contributed by atoms with Crippen LogP contribution >= 0.6 is 0 Å². The zero-order valence-corrected chi connectivity index (χ0v) is 13.1. The number of hydrogen-bond donors (Lipinski definition) is 1. The van der Waals surface area contributed by atoms with Crippen LogP contribution in [0.5, 0.6) is 0 Å². The highest BCUT2D eigenvalue weighted by atomic mass is 32.2. The van der Waals surface area contributed by atoms with Gasteiger partial charge in [0.25, 0.3) is 0 Å². The molecule has 2 heterocycles. The SMILES string of the molecule is Cc1cnccc1N1CCN(C(=O)CNS(C)(=O)=O)CC1. The van der Waals surface area contributed by atoms with E-state index in [0.29, 0.717) is 13.1 Å². The van der Waals surface area contributed by atoms with Crippen LogP contribution in [0.4, 0.5) is 5.69 Å². The lowest BCUT2D eigenvalue weighted by Gasteiger charge is -2.36. The molecule has 0 aromatic carbocycles. The van der Waals surface area contributed by atoms with Gasteiger partial charge < -0.3 is 9.80 Å². The lowest BCUT2D eigenvalue weighted by atomic mass is 10.2. The molecule has 0 saturated carbocycles. The highest BCUT2D eigenvalue weighted by Gasteiger charge is 2.22. The standard InChI is InChI=1S/C13H20N4O3S/c1-11-9-14-4-3-12(11)16-5-7-17(8-6-16)13(18)10-15-21(2,19)20/h3-4,9,15H,5-8,10H2,1-2H3. The molecule has 0 aliphatic carbocycles. The van der Waals surface area contributed by atoms with Crippen LogP contribution in [0.15, 0.2) is 18.5 Å². The van der Waals surface area contributed by atoms with Crippen molar-refractivity contribution in [3.05, 3.63) is 24.0 Å². The minimum atomic E-state index is -3.33. The van der Waals surface area contributed by atoms with E-state index in [1.807, 2.05) is 19.2 Å². The number of piperazine rings is 1. The number of carbonyl (C=O) groups excluding carboxylic acids is 1. The minimum absolute atomic E-state index is 0.173. The molecule has 0 spiro atoms. The summed E-state index contributed by atoms with van der Waals surface area (Å²) in [6.07, 6.45) is 4.63. The Hall–Kier alpha value is -1.67. The molecule has 0 bridgehead atoms. The topological polar surface area (TPSA) is 82.6 Å². The second-order valence-corrected chi connectivity index (χ2v) is 6.96. The first-order valence-corrected chi connectivity index (χ1v) is 8.64. The van der Waals surface area contributed by atoms with Crippen LogP contribution in [-0.4, -0.2) is 63.2 Å². The molecule has 1 amide bonds. The number of amides is 1. The third-order valence-electron chi connectivity index (χ3n) is 3.45. The van der Waals surface area contributed by atoms with Crippen molar-refractivity contribution < 1.29 is 13.2 Å². The number of rotatable bonds is 4. The van der Waals surface area contributed by atoms with Gasteiger partial charge in [-0.1, -0.05) is 0 Å². The number of aryl methyl sites for hydroxylation is 1. The number of hydrogen-bond acceptors (Lipinski definition) is 5. The molecule has 1 aromatic rings. The summed E-state index contributed by atoms with van der Waals surface area (Å²) in [6, 6.07) is 1.97. The fraction of sp³-hybridized carbons (Fsp3) is 0.538. The van der Waals surface area contributed by atoms with Gasteiger partial charge in [0.1, 0.15) is 0 Å². The van der Waals surface area contributed by atoms with Crippen molar-refractivity contribution >= 4 is 21.6 Å². The molecule has 2 rings (SSSR count). The van der Waals surface area contributed by atoms with Crippen molar-refractivity contribution in [1.29, 1.82) is 0 Å². The van der Waals surface area contributed by atoms with E-state index in [9.17, 15) is 13.2 Å². The van der Waals surface area contributed by atoms with E-state index in [2.05, 4.69) is 14.6 Å². The first-order chi connectivity index (χ1) is 9.87. The summed E-state index contributed by atoms with van der Waals surface area (Å²) in [6.45, 7) is 4.48. The molecule has 0 atom stereocenters. The van der Waals surface area contributed by atoms with Gasteiger partial charge in [-0.15, -0.1) is 0 Å². The summed E-state index contributed by atoms with van der Waals surface area (Å²) in [5, 5.41) is 0. The second kappa shape index (κ2) is 6.40. The number of nitrogens with one attached hydrogen (secondary N) is 1. The Morgan fingerprint density at radius 2 is 2.00 bits per heavy atom. The van der Waals surface area contributed by atoms with Crippen LogP contribution in [0.1, 0.15) is 5.56 Å². The maximum Gasteiger partial charge on any atom is 0.237 e. The zero-order chi connectivity index (χ0) is 15.5. The van der Waals surface area contributed by atoms with Crippen molar-refractivity contribution in [2.75, 3.05) is 43.9 Å². The predicted molar refractivity (Wildman–Crippen MR) is 80.6 cm³/mol. The van der Waals surface area contributed by atoms with Crippen molar-refractivity contribution in [1.82, 2.24) is 14.6 Å². The van der Waals surface area contributed by atoms with Crippen LogP contribution in [0.3, 0.4) is 0 Å². The zero-order valence-electron chi connectivity index (χ0n) is 12.2.